The van der Waals surface area contributed by atoms with Crippen molar-refractivity contribution in [3.63, 3.8) is 0 Å². The number of carbonyl (C=O) groups excluding carboxylic acids is 1. The Balaban J connectivity index is 1.93. The Morgan fingerprint density at radius 2 is 2.05 bits per heavy atom. The normalized spacial score (nSPS) is 16.6. The number of nitrogens with two attached hydrogens (primary N) is 1. The molecule has 0 saturated heterocycles. The molecular weight excluding hydrogens is 331 g/mol. The summed E-state index contributed by atoms with van der Waals surface area (Å²) in [5.41, 5.74) is 6.18. The summed E-state index contributed by atoms with van der Waals surface area (Å²) < 4.78 is 5.67. The van der Waals surface area contributed by atoms with Crippen LogP contribution in [0.4, 0.5) is 0 Å². The van der Waals surface area contributed by atoms with Crippen LogP contribution in [0.3, 0.4) is 0 Å². The van der Waals surface area contributed by atoms with Crippen LogP contribution in [-0.4, -0.2) is 11.1 Å². The Labute approximate surface area is 134 Å². The molecule has 2 heterocycles. The molecule has 0 radical (unpaired) electrons. The van der Waals surface area contributed by atoms with Crippen molar-refractivity contribution in [3.8, 4) is 11.3 Å². The van der Waals surface area contributed by atoms with Gasteiger partial charge in [-0.1, -0.05) is 29.3 Å². The molecule has 0 aliphatic carbocycles. The topological polar surface area (TPSA) is 68.6 Å². The van der Waals surface area contributed by atoms with Gasteiger partial charge in [0.05, 0.1) is 15.0 Å². The van der Waals surface area contributed by atoms with Gasteiger partial charge in [0.2, 0.25) is 0 Å². The predicted molar refractivity (Wildman–Crippen MR) is 86.4 cm³/mol. The van der Waals surface area contributed by atoms with Crippen molar-refractivity contribution in [1.29, 1.82) is 0 Å². The number of benzene rings is 1. The van der Waals surface area contributed by atoms with E-state index in [1.165, 1.54) is 0 Å². The highest BCUT2D eigenvalue weighted by molar-refractivity contribution is 8.18. The van der Waals surface area contributed by atoms with E-state index in [9.17, 15) is 4.79 Å². The summed E-state index contributed by atoms with van der Waals surface area (Å²) in [5.74, 6) is 0.719. The minimum atomic E-state index is -0.365. The summed E-state index contributed by atoms with van der Waals surface area (Å²) in [6.45, 7) is 0. The van der Waals surface area contributed by atoms with Crippen molar-refractivity contribution in [2.24, 2.45) is 10.7 Å². The first-order valence-corrected chi connectivity index (χ1v) is 7.44. The predicted octanol–water partition coefficient (Wildman–Crippen LogP) is 4.18. The zero-order valence-electron chi connectivity index (χ0n) is 10.5. The summed E-state index contributed by atoms with van der Waals surface area (Å²) in [6, 6.07) is 8.79. The average molecular weight is 339 g/mol. The highest BCUT2D eigenvalue weighted by Crippen LogP contribution is 2.35. The molecule has 0 bridgehead atoms. The third-order valence-electron chi connectivity index (χ3n) is 2.75. The molecular formula is C14H8Cl2N2O2S. The van der Waals surface area contributed by atoms with Crippen LogP contribution >= 0.6 is 35.0 Å². The first-order valence-electron chi connectivity index (χ1n) is 5.87. The third-order valence-corrected chi connectivity index (χ3v) is 4.39. The molecule has 0 atom stereocenters. The number of nitrogens with zero attached hydrogens (tertiary/aromatic N) is 1. The molecule has 106 valence electrons. The van der Waals surface area contributed by atoms with Crippen LogP contribution in [0.2, 0.25) is 10.0 Å². The molecule has 1 aliphatic heterocycles. The van der Waals surface area contributed by atoms with Gasteiger partial charge < -0.3 is 10.2 Å². The molecule has 0 unspecified atom stereocenters. The van der Waals surface area contributed by atoms with E-state index in [2.05, 4.69) is 4.99 Å². The van der Waals surface area contributed by atoms with Crippen LogP contribution in [0.1, 0.15) is 5.76 Å². The van der Waals surface area contributed by atoms with Crippen LogP contribution in [0.5, 0.6) is 0 Å². The smallest absolute Gasteiger partial charge is 0.286 e. The summed E-state index contributed by atoms with van der Waals surface area (Å²) in [7, 11) is 0. The van der Waals surface area contributed by atoms with Crippen molar-refractivity contribution in [1.82, 2.24) is 0 Å². The van der Waals surface area contributed by atoms with Gasteiger partial charge >= 0.3 is 0 Å². The Kier molecular flexibility index (Phi) is 3.80. The van der Waals surface area contributed by atoms with Crippen molar-refractivity contribution < 1.29 is 9.21 Å². The quantitative estimate of drug-likeness (QED) is 0.834. The molecule has 4 nitrogen and oxygen atoms in total. The van der Waals surface area contributed by atoms with Gasteiger partial charge in [0.15, 0.2) is 5.17 Å². The van der Waals surface area contributed by atoms with E-state index in [0.29, 0.717) is 32.0 Å². The van der Waals surface area contributed by atoms with Gasteiger partial charge in [0, 0.05) is 11.6 Å². The minimum absolute atomic E-state index is 0.232. The molecule has 1 aromatic heterocycles. The van der Waals surface area contributed by atoms with Crippen molar-refractivity contribution in [2.45, 2.75) is 0 Å². The van der Waals surface area contributed by atoms with Crippen molar-refractivity contribution in [3.05, 3.63) is 51.0 Å². The lowest BCUT2D eigenvalue weighted by molar-refractivity contribution is -0.113. The summed E-state index contributed by atoms with van der Waals surface area (Å²) in [6.07, 6.45) is 1.60. The molecule has 0 saturated carbocycles. The second kappa shape index (κ2) is 5.60. The van der Waals surface area contributed by atoms with E-state index >= 15 is 0 Å². The van der Waals surface area contributed by atoms with Crippen molar-refractivity contribution in [2.75, 3.05) is 0 Å². The summed E-state index contributed by atoms with van der Waals surface area (Å²) in [5, 5.41) is 1.11. The number of thioether (sulfide) groups is 1. The lowest BCUT2D eigenvalue weighted by atomic mass is 10.2. The molecule has 0 fully saturated rings. The van der Waals surface area contributed by atoms with E-state index in [-0.39, 0.29) is 11.1 Å². The number of rotatable bonds is 2. The van der Waals surface area contributed by atoms with Gasteiger partial charge in [0.25, 0.3) is 5.91 Å². The largest absolute Gasteiger partial charge is 0.457 e. The molecule has 21 heavy (non-hydrogen) atoms. The first-order chi connectivity index (χ1) is 10.0. The molecule has 1 aromatic carbocycles. The lowest BCUT2D eigenvalue weighted by Gasteiger charge is -2.01. The number of hydrogen-bond donors (Lipinski definition) is 1. The maximum Gasteiger partial charge on any atom is 0.286 e. The van der Waals surface area contributed by atoms with Crippen LogP contribution in [0.25, 0.3) is 17.4 Å². The van der Waals surface area contributed by atoms with Gasteiger partial charge in [-0.15, -0.1) is 0 Å². The maximum atomic E-state index is 11.5. The van der Waals surface area contributed by atoms with E-state index in [0.717, 1.165) is 11.8 Å². The van der Waals surface area contributed by atoms with Crippen LogP contribution in [0.15, 0.2) is 44.6 Å². The number of furan rings is 1. The lowest BCUT2D eigenvalue weighted by Crippen LogP contribution is -2.01. The van der Waals surface area contributed by atoms with Gasteiger partial charge in [-0.25, -0.2) is 0 Å². The summed E-state index contributed by atoms with van der Waals surface area (Å²) >= 11 is 13.2. The maximum absolute atomic E-state index is 11.5. The van der Waals surface area contributed by atoms with Gasteiger partial charge in [0.1, 0.15) is 11.5 Å². The number of halogens is 2. The fraction of sp³-hybridized carbons (Fsp3) is 0. The molecule has 0 spiro atoms. The van der Waals surface area contributed by atoms with Gasteiger partial charge in [-0.05, 0) is 36.0 Å². The van der Waals surface area contributed by atoms with E-state index < -0.39 is 0 Å². The molecule has 1 amide bonds. The standard InChI is InChI=1S/C14H8Cl2N2O2S/c15-9-3-1-2-8(12(9)16)10-5-4-7(20-10)6-11-13(19)18-14(17)21-11/h1-6H,(H2,17,18,19)/b11-6-. The van der Waals surface area contributed by atoms with Crippen LogP contribution in [-0.2, 0) is 4.79 Å². The molecule has 7 heteroatoms. The summed E-state index contributed by atoms with van der Waals surface area (Å²) in [4.78, 5) is 15.6. The van der Waals surface area contributed by atoms with Gasteiger partial charge in [-0.3, -0.25) is 4.79 Å². The number of carbonyl (C=O) groups is 1. The van der Waals surface area contributed by atoms with Crippen molar-refractivity contribution >= 4 is 52.1 Å². The number of amides is 1. The minimum Gasteiger partial charge on any atom is -0.457 e. The second-order valence-electron chi connectivity index (χ2n) is 4.17. The third kappa shape index (κ3) is 2.85. The van der Waals surface area contributed by atoms with E-state index in [1.807, 2.05) is 0 Å². The Bertz CT molecular complexity index is 796. The Morgan fingerprint density at radius 1 is 1.24 bits per heavy atom. The average Bonchev–Trinajstić information content (AvgIpc) is 3.01. The first kappa shape index (κ1) is 14.3. The van der Waals surface area contributed by atoms with Gasteiger partial charge in [-0.2, -0.15) is 4.99 Å². The molecule has 2 N–H and O–H groups in total. The number of hydrogen-bond acceptors (Lipinski definition) is 4. The van der Waals surface area contributed by atoms with E-state index in [4.69, 9.17) is 33.4 Å². The molecule has 1 aliphatic rings. The zero-order valence-corrected chi connectivity index (χ0v) is 12.8. The highest BCUT2D eigenvalue weighted by atomic mass is 35.5. The second-order valence-corrected chi connectivity index (χ2v) is 6.02. The fourth-order valence-electron chi connectivity index (χ4n) is 1.82. The monoisotopic (exact) mass is 338 g/mol. The number of amidine groups is 1. The highest BCUT2D eigenvalue weighted by Gasteiger charge is 2.20. The van der Waals surface area contributed by atoms with E-state index in [1.54, 1.807) is 36.4 Å². The fourth-order valence-corrected chi connectivity index (χ4v) is 2.88. The number of aliphatic imine (C=N–C) groups is 1. The van der Waals surface area contributed by atoms with Crippen LogP contribution in [0, 0.1) is 0 Å². The Morgan fingerprint density at radius 3 is 2.76 bits per heavy atom. The zero-order chi connectivity index (χ0) is 15.0. The van der Waals surface area contributed by atoms with Crippen LogP contribution < -0.4 is 5.73 Å². The Hall–Kier alpha value is -1.69. The molecule has 2 aromatic rings. The molecule has 3 rings (SSSR count). The SMILES string of the molecule is NC1=NC(=O)/C(=C/c2ccc(-c3cccc(Cl)c3Cl)o2)S1.